The molecule has 1 aromatic heterocycles. The summed E-state index contributed by atoms with van der Waals surface area (Å²) in [7, 11) is 0. The van der Waals surface area contributed by atoms with Gasteiger partial charge in [0.15, 0.2) is 0 Å². The number of amides is 1. The number of carbonyl (C=O) groups excluding carboxylic acids is 1. The minimum Gasteiger partial charge on any atom is -0.303 e. The Morgan fingerprint density at radius 2 is 2.24 bits per heavy atom. The summed E-state index contributed by atoms with van der Waals surface area (Å²) in [4.78, 5) is 18.9. The fourth-order valence-corrected chi connectivity index (χ4v) is 2.85. The second kappa shape index (κ2) is 5.68. The van der Waals surface area contributed by atoms with Gasteiger partial charge in [-0.3, -0.25) is 9.89 Å². The van der Waals surface area contributed by atoms with Gasteiger partial charge in [0.05, 0.1) is 0 Å². The standard InChI is InChI=1S/C16H20N4O/c1-3-6-14-17-15(19-18-14)16(21)20-11(2)9-10-12-7-4-5-8-13(12)20/h4-5,7-8,11H,3,6,9-10H2,1-2H3,(H,17,18,19). The van der Waals surface area contributed by atoms with Crippen LogP contribution in [0.3, 0.4) is 0 Å². The molecule has 1 N–H and O–H groups in total. The van der Waals surface area contributed by atoms with Gasteiger partial charge in [-0.25, -0.2) is 4.98 Å². The maximum absolute atomic E-state index is 12.8. The number of nitrogens with one attached hydrogen (secondary N) is 1. The zero-order valence-corrected chi connectivity index (χ0v) is 12.5. The molecule has 1 amide bonds. The molecule has 0 fully saturated rings. The third-order valence-corrected chi connectivity index (χ3v) is 3.95. The summed E-state index contributed by atoms with van der Waals surface area (Å²) in [5, 5.41) is 6.95. The minimum absolute atomic E-state index is 0.117. The quantitative estimate of drug-likeness (QED) is 0.942. The summed E-state index contributed by atoms with van der Waals surface area (Å²) in [5.41, 5.74) is 2.20. The van der Waals surface area contributed by atoms with Gasteiger partial charge in [0.25, 0.3) is 5.91 Å². The molecule has 5 heteroatoms. The van der Waals surface area contributed by atoms with Crippen LogP contribution in [0.25, 0.3) is 0 Å². The van der Waals surface area contributed by atoms with E-state index in [1.807, 2.05) is 23.1 Å². The van der Waals surface area contributed by atoms with Crippen molar-refractivity contribution in [2.75, 3.05) is 4.90 Å². The third-order valence-electron chi connectivity index (χ3n) is 3.95. The number of carbonyl (C=O) groups is 1. The zero-order chi connectivity index (χ0) is 14.8. The first-order chi connectivity index (χ1) is 10.2. The number of hydrogen-bond donors (Lipinski definition) is 1. The van der Waals surface area contributed by atoms with E-state index in [4.69, 9.17) is 0 Å². The highest BCUT2D eigenvalue weighted by molar-refractivity contribution is 6.04. The molecule has 0 radical (unpaired) electrons. The topological polar surface area (TPSA) is 61.9 Å². The van der Waals surface area contributed by atoms with E-state index in [1.165, 1.54) is 5.56 Å². The molecule has 0 spiro atoms. The number of para-hydroxylation sites is 1. The number of H-pyrrole nitrogens is 1. The van der Waals surface area contributed by atoms with Crippen LogP contribution in [0, 0.1) is 0 Å². The summed E-state index contributed by atoms with van der Waals surface area (Å²) in [5.74, 6) is 0.925. The summed E-state index contributed by atoms with van der Waals surface area (Å²) in [6.45, 7) is 4.15. The van der Waals surface area contributed by atoms with Crippen LogP contribution in [0.4, 0.5) is 5.69 Å². The molecule has 110 valence electrons. The second-order valence-corrected chi connectivity index (χ2v) is 5.55. The van der Waals surface area contributed by atoms with Gasteiger partial charge in [-0.15, -0.1) is 5.10 Å². The van der Waals surface area contributed by atoms with Crippen molar-refractivity contribution < 1.29 is 4.79 Å². The first-order valence-corrected chi connectivity index (χ1v) is 7.53. The summed E-state index contributed by atoms with van der Waals surface area (Å²) >= 11 is 0. The van der Waals surface area contributed by atoms with Gasteiger partial charge >= 0.3 is 0 Å². The van der Waals surface area contributed by atoms with E-state index in [0.717, 1.165) is 37.2 Å². The predicted octanol–water partition coefficient (Wildman–Crippen LogP) is 2.74. The number of benzene rings is 1. The smallest absolute Gasteiger partial charge is 0.298 e. The van der Waals surface area contributed by atoms with Gasteiger partial charge in [-0.05, 0) is 37.8 Å². The van der Waals surface area contributed by atoms with Crippen molar-refractivity contribution in [3.05, 3.63) is 41.5 Å². The molecule has 0 aliphatic carbocycles. The first-order valence-electron chi connectivity index (χ1n) is 7.53. The Morgan fingerprint density at radius 3 is 3.05 bits per heavy atom. The lowest BCUT2D eigenvalue weighted by Crippen LogP contribution is -2.42. The normalized spacial score (nSPS) is 17.6. The number of anilines is 1. The molecule has 5 nitrogen and oxygen atoms in total. The first kappa shape index (κ1) is 13.8. The number of aromatic amines is 1. The van der Waals surface area contributed by atoms with Crippen LogP contribution in [0.1, 0.15) is 48.7 Å². The van der Waals surface area contributed by atoms with E-state index in [9.17, 15) is 4.79 Å². The Balaban J connectivity index is 1.92. The molecule has 1 unspecified atom stereocenters. The Bertz CT molecular complexity index is 649. The maximum Gasteiger partial charge on any atom is 0.298 e. The van der Waals surface area contributed by atoms with E-state index < -0.39 is 0 Å². The van der Waals surface area contributed by atoms with Crippen LogP contribution >= 0.6 is 0 Å². The highest BCUT2D eigenvalue weighted by Gasteiger charge is 2.30. The van der Waals surface area contributed by atoms with Crippen molar-refractivity contribution in [3.63, 3.8) is 0 Å². The van der Waals surface area contributed by atoms with Crippen LogP contribution in [0.15, 0.2) is 24.3 Å². The molecule has 0 saturated heterocycles. The molecule has 1 atom stereocenters. The molecule has 1 aliphatic rings. The van der Waals surface area contributed by atoms with Gasteiger partial charge in [-0.2, -0.15) is 0 Å². The number of aromatic nitrogens is 3. The Morgan fingerprint density at radius 1 is 1.43 bits per heavy atom. The summed E-state index contributed by atoms with van der Waals surface area (Å²) in [6.07, 6.45) is 3.77. The summed E-state index contributed by atoms with van der Waals surface area (Å²) < 4.78 is 0. The van der Waals surface area contributed by atoms with Gasteiger partial charge < -0.3 is 4.90 Å². The summed E-state index contributed by atoms with van der Waals surface area (Å²) in [6, 6.07) is 8.24. The Labute approximate surface area is 124 Å². The molecule has 21 heavy (non-hydrogen) atoms. The van der Waals surface area contributed by atoms with Crippen molar-refractivity contribution >= 4 is 11.6 Å². The number of aryl methyl sites for hydroxylation is 2. The van der Waals surface area contributed by atoms with E-state index in [2.05, 4.69) is 35.1 Å². The van der Waals surface area contributed by atoms with Crippen molar-refractivity contribution in [1.82, 2.24) is 15.2 Å². The highest BCUT2D eigenvalue weighted by atomic mass is 16.2. The van der Waals surface area contributed by atoms with Gasteiger partial charge in [0.2, 0.25) is 5.82 Å². The van der Waals surface area contributed by atoms with Gasteiger partial charge in [0, 0.05) is 18.2 Å². The Kier molecular flexibility index (Phi) is 3.73. The van der Waals surface area contributed by atoms with E-state index >= 15 is 0 Å². The van der Waals surface area contributed by atoms with Crippen LogP contribution in [-0.2, 0) is 12.8 Å². The number of nitrogens with zero attached hydrogens (tertiary/aromatic N) is 3. The highest BCUT2D eigenvalue weighted by Crippen LogP contribution is 2.31. The van der Waals surface area contributed by atoms with Crippen LogP contribution in [0.5, 0.6) is 0 Å². The largest absolute Gasteiger partial charge is 0.303 e. The van der Waals surface area contributed by atoms with Gasteiger partial charge in [0.1, 0.15) is 5.82 Å². The maximum atomic E-state index is 12.8. The molecule has 2 aromatic rings. The molecular weight excluding hydrogens is 264 g/mol. The van der Waals surface area contributed by atoms with Crippen LogP contribution in [-0.4, -0.2) is 27.1 Å². The van der Waals surface area contributed by atoms with E-state index in [0.29, 0.717) is 0 Å². The lowest BCUT2D eigenvalue weighted by atomic mass is 9.96. The monoisotopic (exact) mass is 284 g/mol. The average Bonchev–Trinajstić information content (AvgIpc) is 2.96. The predicted molar refractivity (Wildman–Crippen MR) is 81.4 cm³/mol. The molecule has 1 aromatic carbocycles. The molecular formula is C16H20N4O. The molecule has 3 rings (SSSR count). The average molecular weight is 284 g/mol. The van der Waals surface area contributed by atoms with Gasteiger partial charge in [-0.1, -0.05) is 25.1 Å². The van der Waals surface area contributed by atoms with Crippen molar-refractivity contribution in [1.29, 1.82) is 0 Å². The molecule has 0 bridgehead atoms. The zero-order valence-electron chi connectivity index (χ0n) is 12.5. The van der Waals surface area contributed by atoms with Crippen molar-refractivity contribution in [2.45, 2.75) is 45.6 Å². The Hall–Kier alpha value is -2.17. The SMILES string of the molecule is CCCc1nc(C(=O)N2c3ccccc3CCC2C)n[nH]1. The van der Waals surface area contributed by atoms with Crippen molar-refractivity contribution in [3.8, 4) is 0 Å². The lowest BCUT2D eigenvalue weighted by Gasteiger charge is -2.34. The van der Waals surface area contributed by atoms with Crippen LogP contribution < -0.4 is 4.90 Å². The fourth-order valence-electron chi connectivity index (χ4n) is 2.85. The third kappa shape index (κ3) is 2.55. The van der Waals surface area contributed by atoms with E-state index in [1.54, 1.807) is 0 Å². The molecule has 1 aliphatic heterocycles. The number of rotatable bonds is 3. The number of hydrogen-bond acceptors (Lipinski definition) is 3. The molecule has 2 heterocycles. The lowest BCUT2D eigenvalue weighted by molar-refractivity contribution is 0.0965. The fraction of sp³-hybridized carbons (Fsp3) is 0.438. The van der Waals surface area contributed by atoms with E-state index in [-0.39, 0.29) is 17.8 Å². The minimum atomic E-state index is -0.117. The van der Waals surface area contributed by atoms with Crippen LogP contribution in [0.2, 0.25) is 0 Å². The number of fused-ring (bicyclic) bond motifs is 1. The second-order valence-electron chi connectivity index (χ2n) is 5.55. The van der Waals surface area contributed by atoms with Crippen molar-refractivity contribution in [2.24, 2.45) is 0 Å². The molecule has 0 saturated carbocycles.